The molecule has 0 unspecified atom stereocenters. The molecule has 0 aliphatic carbocycles. The molecule has 14 heavy (non-hydrogen) atoms. The quantitative estimate of drug-likeness (QED) is 0.611. The number of hydrogen-bond donors (Lipinski definition) is 3. The van der Waals surface area contributed by atoms with Crippen molar-refractivity contribution in [2.24, 2.45) is 5.73 Å². The van der Waals surface area contributed by atoms with Crippen molar-refractivity contribution >= 4 is 11.8 Å². The van der Waals surface area contributed by atoms with E-state index in [0.717, 1.165) is 0 Å². The van der Waals surface area contributed by atoms with Crippen molar-refractivity contribution in [2.75, 3.05) is 6.54 Å². The van der Waals surface area contributed by atoms with Gasteiger partial charge in [0.15, 0.2) is 0 Å². The maximum Gasteiger partial charge on any atom is 0.251 e. The second kappa shape index (κ2) is 4.27. The molecule has 74 valence electrons. The summed E-state index contributed by atoms with van der Waals surface area (Å²) in [6, 6.07) is 5.68. The number of hydrogen-bond acceptors (Lipinski definition) is 3. The van der Waals surface area contributed by atoms with Crippen LogP contribution in [0, 0.1) is 0 Å². The molecule has 0 spiro atoms. The van der Waals surface area contributed by atoms with Crippen LogP contribution in [0.4, 0.5) is 0 Å². The molecule has 2 amide bonds. The second-order valence-corrected chi connectivity index (χ2v) is 2.70. The molecule has 0 aliphatic rings. The van der Waals surface area contributed by atoms with Crippen LogP contribution in [0.3, 0.4) is 0 Å². The van der Waals surface area contributed by atoms with E-state index in [2.05, 4.69) is 5.32 Å². The van der Waals surface area contributed by atoms with E-state index < -0.39 is 11.8 Å². The van der Waals surface area contributed by atoms with Gasteiger partial charge in [-0.3, -0.25) is 9.59 Å². The Morgan fingerprint density at radius 2 is 1.86 bits per heavy atom. The van der Waals surface area contributed by atoms with Crippen LogP contribution in [0.15, 0.2) is 24.3 Å². The van der Waals surface area contributed by atoms with Crippen molar-refractivity contribution in [3.63, 3.8) is 0 Å². The first kappa shape index (κ1) is 10.0. The highest BCUT2D eigenvalue weighted by atomic mass is 16.3. The first-order valence-electron chi connectivity index (χ1n) is 3.95. The fourth-order valence-corrected chi connectivity index (χ4v) is 0.882. The van der Waals surface area contributed by atoms with Crippen molar-refractivity contribution < 1.29 is 14.7 Å². The van der Waals surface area contributed by atoms with Crippen LogP contribution in [-0.2, 0) is 4.79 Å². The minimum Gasteiger partial charge on any atom is -0.508 e. The Morgan fingerprint density at radius 1 is 1.29 bits per heavy atom. The van der Waals surface area contributed by atoms with Gasteiger partial charge in [-0.25, -0.2) is 0 Å². The average Bonchev–Trinajstić information content (AvgIpc) is 2.15. The largest absolute Gasteiger partial charge is 0.508 e. The molecule has 0 fully saturated rings. The van der Waals surface area contributed by atoms with Gasteiger partial charge in [0.2, 0.25) is 5.91 Å². The monoisotopic (exact) mass is 194 g/mol. The summed E-state index contributed by atoms with van der Waals surface area (Å²) < 4.78 is 0. The minimum atomic E-state index is -0.600. The van der Waals surface area contributed by atoms with E-state index in [0.29, 0.717) is 5.56 Å². The summed E-state index contributed by atoms with van der Waals surface area (Å²) in [4.78, 5) is 21.6. The van der Waals surface area contributed by atoms with Gasteiger partial charge in [0.05, 0.1) is 6.54 Å². The molecule has 0 saturated carbocycles. The van der Waals surface area contributed by atoms with E-state index in [1.807, 2.05) is 0 Å². The highest BCUT2D eigenvalue weighted by Gasteiger charge is 2.05. The molecule has 0 aliphatic heterocycles. The lowest BCUT2D eigenvalue weighted by Crippen LogP contribution is -2.33. The number of rotatable bonds is 3. The number of nitrogens with one attached hydrogen (secondary N) is 1. The van der Waals surface area contributed by atoms with Crippen molar-refractivity contribution in [1.82, 2.24) is 5.32 Å². The van der Waals surface area contributed by atoms with Crippen LogP contribution in [0.1, 0.15) is 10.4 Å². The molecule has 1 rings (SSSR count). The molecule has 0 radical (unpaired) electrons. The fraction of sp³-hybridized carbons (Fsp3) is 0.111. The van der Waals surface area contributed by atoms with Crippen LogP contribution in [-0.4, -0.2) is 23.5 Å². The van der Waals surface area contributed by atoms with Crippen LogP contribution >= 0.6 is 0 Å². The highest BCUT2D eigenvalue weighted by Crippen LogP contribution is 2.08. The van der Waals surface area contributed by atoms with E-state index in [-0.39, 0.29) is 12.3 Å². The fourth-order valence-electron chi connectivity index (χ4n) is 0.882. The normalized spacial score (nSPS) is 9.43. The Hall–Kier alpha value is -2.04. The van der Waals surface area contributed by atoms with Gasteiger partial charge in [0.1, 0.15) is 5.75 Å². The van der Waals surface area contributed by atoms with E-state index in [4.69, 9.17) is 10.8 Å². The smallest absolute Gasteiger partial charge is 0.251 e. The predicted molar refractivity (Wildman–Crippen MR) is 49.6 cm³/mol. The van der Waals surface area contributed by atoms with Crippen LogP contribution < -0.4 is 11.1 Å². The third-order valence-corrected chi connectivity index (χ3v) is 1.55. The van der Waals surface area contributed by atoms with E-state index >= 15 is 0 Å². The lowest BCUT2D eigenvalue weighted by atomic mass is 10.2. The Labute approximate surface area is 80.5 Å². The Kier molecular flexibility index (Phi) is 3.06. The summed E-state index contributed by atoms with van der Waals surface area (Å²) in [6.07, 6.45) is 0. The molecule has 5 nitrogen and oxygen atoms in total. The molecule has 1 aromatic rings. The molecule has 0 bridgehead atoms. The van der Waals surface area contributed by atoms with Crippen LogP contribution in [0.5, 0.6) is 5.75 Å². The first-order valence-corrected chi connectivity index (χ1v) is 3.95. The molecular formula is C9H10N2O3. The van der Waals surface area contributed by atoms with Gasteiger partial charge >= 0.3 is 0 Å². The lowest BCUT2D eigenvalue weighted by molar-refractivity contribution is -0.117. The number of carbonyl (C=O) groups excluding carboxylic acids is 2. The predicted octanol–water partition coefficient (Wildman–Crippen LogP) is -0.393. The summed E-state index contributed by atoms with van der Waals surface area (Å²) in [5.74, 6) is -0.919. The van der Waals surface area contributed by atoms with Gasteiger partial charge in [-0.15, -0.1) is 0 Å². The SMILES string of the molecule is NC(=O)CNC(=O)c1ccc(O)cc1. The maximum atomic E-state index is 11.3. The Bertz CT molecular complexity index is 346. The molecule has 0 aromatic heterocycles. The Balaban J connectivity index is 2.61. The average molecular weight is 194 g/mol. The highest BCUT2D eigenvalue weighted by molar-refractivity contribution is 5.96. The summed E-state index contributed by atoms with van der Waals surface area (Å²) in [5, 5.41) is 11.3. The van der Waals surface area contributed by atoms with E-state index in [9.17, 15) is 9.59 Å². The van der Waals surface area contributed by atoms with Gasteiger partial charge in [0.25, 0.3) is 5.91 Å². The number of phenolic OH excluding ortho intramolecular Hbond substituents is 1. The van der Waals surface area contributed by atoms with Crippen molar-refractivity contribution in [1.29, 1.82) is 0 Å². The zero-order valence-corrected chi connectivity index (χ0v) is 7.36. The molecule has 5 heteroatoms. The lowest BCUT2D eigenvalue weighted by Gasteiger charge is -2.02. The number of benzene rings is 1. The van der Waals surface area contributed by atoms with Crippen molar-refractivity contribution in [3.05, 3.63) is 29.8 Å². The molecule has 1 aromatic carbocycles. The number of carbonyl (C=O) groups is 2. The van der Waals surface area contributed by atoms with E-state index in [1.165, 1.54) is 24.3 Å². The van der Waals surface area contributed by atoms with Crippen molar-refractivity contribution in [3.8, 4) is 5.75 Å². The van der Waals surface area contributed by atoms with Crippen molar-refractivity contribution in [2.45, 2.75) is 0 Å². The first-order chi connectivity index (χ1) is 6.59. The summed E-state index contributed by atoms with van der Waals surface area (Å²) in [5.41, 5.74) is 5.21. The molecule has 4 N–H and O–H groups in total. The van der Waals surface area contributed by atoms with Crippen LogP contribution in [0.2, 0.25) is 0 Å². The van der Waals surface area contributed by atoms with Crippen LogP contribution in [0.25, 0.3) is 0 Å². The van der Waals surface area contributed by atoms with Gasteiger partial charge in [0, 0.05) is 5.56 Å². The summed E-state index contributed by atoms with van der Waals surface area (Å²) >= 11 is 0. The second-order valence-electron chi connectivity index (χ2n) is 2.70. The number of amides is 2. The molecular weight excluding hydrogens is 184 g/mol. The van der Waals surface area contributed by atoms with Gasteiger partial charge in [-0.05, 0) is 24.3 Å². The van der Waals surface area contributed by atoms with Gasteiger partial charge in [-0.1, -0.05) is 0 Å². The van der Waals surface area contributed by atoms with E-state index in [1.54, 1.807) is 0 Å². The number of aromatic hydroxyl groups is 1. The summed E-state index contributed by atoms with van der Waals surface area (Å²) in [6.45, 7) is -0.195. The maximum absolute atomic E-state index is 11.3. The third kappa shape index (κ3) is 2.78. The standard InChI is InChI=1S/C9H10N2O3/c10-8(13)5-11-9(14)6-1-3-7(12)4-2-6/h1-4,12H,5H2,(H2,10,13)(H,11,14). The zero-order valence-electron chi connectivity index (χ0n) is 7.36. The third-order valence-electron chi connectivity index (χ3n) is 1.55. The Morgan fingerprint density at radius 3 is 2.36 bits per heavy atom. The van der Waals surface area contributed by atoms with Gasteiger partial charge in [-0.2, -0.15) is 0 Å². The molecule has 0 heterocycles. The zero-order chi connectivity index (χ0) is 10.6. The summed E-state index contributed by atoms with van der Waals surface area (Å²) in [7, 11) is 0. The number of primary amides is 1. The molecule has 0 atom stereocenters. The van der Waals surface area contributed by atoms with Gasteiger partial charge < -0.3 is 16.2 Å². The minimum absolute atomic E-state index is 0.0800. The number of phenols is 1. The number of nitrogens with two attached hydrogens (primary N) is 1. The molecule has 0 saturated heterocycles. The topological polar surface area (TPSA) is 92.4 Å².